The Morgan fingerprint density at radius 2 is 1.95 bits per heavy atom. The van der Waals surface area contributed by atoms with Crippen molar-refractivity contribution in [3.8, 4) is 0 Å². The summed E-state index contributed by atoms with van der Waals surface area (Å²) >= 11 is 2.06. The quantitative estimate of drug-likeness (QED) is 0.922. The SMILES string of the molecule is CCNc1cc(N2CC(C)SC(C)C2)nc(C(C)C)n1. The summed E-state index contributed by atoms with van der Waals surface area (Å²) in [5, 5.41) is 4.63. The van der Waals surface area contributed by atoms with Gasteiger partial charge in [-0.2, -0.15) is 11.8 Å². The molecular formula is C15H26N4S. The Balaban J connectivity index is 2.29. The van der Waals surface area contributed by atoms with Gasteiger partial charge < -0.3 is 10.2 Å². The molecule has 112 valence electrons. The molecule has 1 aliphatic rings. The van der Waals surface area contributed by atoms with Crippen molar-refractivity contribution in [2.24, 2.45) is 0 Å². The molecule has 1 N–H and O–H groups in total. The van der Waals surface area contributed by atoms with Gasteiger partial charge in [0.2, 0.25) is 0 Å². The molecule has 2 unspecified atom stereocenters. The average molecular weight is 294 g/mol. The van der Waals surface area contributed by atoms with Crippen LogP contribution in [0.25, 0.3) is 0 Å². The summed E-state index contributed by atoms with van der Waals surface area (Å²) in [5.74, 6) is 3.29. The first-order valence-electron chi connectivity index (χ1n) is 7.52. The third-order valence-electron chi connectivity index (χ3n) is 3.35. The van der Waals surface area contributed by atoms with E-state index in [9.17, 15) is 0 Å². The minimum Gasteiger partial charge on any atom is -0.370 e. The van der Waals surface area contributed by atoms with Gasteiger partial charge in [0, 0.05) is 42.1 Å². The second-order valence-corrected chi connectivity index (χ2v) is 7.70. The first kappa shape index (κ1) is 15.4. The highest BCUT2D eigenvalue weighted by Gasteiger charge is 2.24. The maximum Gasteiger partial charge on any atom is 0.135 e. The van der Waals surface area contributed by atoms with Crippen molar-refractivity contribution in [2.45, 2.75) is 51.0 Å². The van der Waals surface area contributed by atoms with Gasteiger partial charge in [-0.05, 0) is 6.92 Å². The molecular weight excluding hydrogens is 268 g/mol. The Bertz CT molecular complexity index is 439. The second kappa shape index (κ2) is 6.66. The molecule has 1 aromatic heterocycles. The van der Waals surface area contributed by atoms with Crippen molar-refractivity contribution >= 4 is 23.4 Å². The number of nitrogens with one attached hydrogen (secondary N) is 1. The number of thioether (sulfide) groups is 1. The van der Waals surface area contributed by atoms with Crippen molar-refractivity contribution in [3.05, 3.63) is 11.9 Å². The zero-order chi connectivity index (χ0) is 14.7. The van der Waals surface area contributed by atoms with E-state index in [1.165, 1.54) is 0 Å². The van der Waals surface area contributed by atoms with E-state index >= 15 is 0 Å². The lowest BCUT2D eigenvalue weighted by Crippen LogP contribution is -2.41. The van der Waals surface area contributed by atoms with Crippen molar-refractivity contribution in [2.75, 3.05) is 29.9 Å². The lowest BCUT2D eigenvalue weighted by atomic mass is 10.2. The van der Waals surface area contributed by atoms with Crippen LogP contribution >= 0.6 is 11.8 Å². The van der Waals surface area contributed by atoms with Gasteiger partial charge in [0.1, 0.15) is 17.5 Å². The van der Waals surface area contributed by atoms with Crippen LogP contribution in [0.4, 0.5) is 11.6 Å². The van der Waals surface area contributed by atoms with Crippen LogP contribution in [0.2, 0.25) is 0 Å². The molecule has 5 heteroatoms. The molecule has 2 heterocycles. The number of nitrogens with zero attached hydrogens (tertiary/aromatic N) is 3. The molecule has 1 aromatic rings. The van der Waals surface area contributed by atoms with Gasteiger partial charge in [-0.3, -0.25) is 0 Å². The van der Waals surface area contributed by atoms with Gasteiger partial charge in [0.25, 0.3) is 0 Å². The molecule has 0 bridgehead atoms. The summed E-state index contributed by atoms with van der Waals surface area (Å²) < 4.78 is 0. The van der Waals surface area contributed by atoms with Gasteiger partial charge in [-0.1, -0.05) is 27.7 Å². The van der Waals surface area contributed by atoms with E-state index in [0.717, 1.165) is 37.1 Å². The summed E-state index contributed by atoms with van der Waals surface area (Å²) in [7, 11) is 0. The first-order chi connectivity index (χ1) is 9.49. The van der Waals surface area contributed by atoms with E-state index in [1.807, 2.05) is 0 Å². The summed E-state index contributed by atoms with van der Waals surface area (Å²) in [5.41, 5.74) is 0. The molecule has 1 aliphatic heterocycles. The Labute approximate surface area is 126 Å². The maximum atomic E-state index is 4.77. The second-order valence-electron chi connectivity index (χ2n) is 5.82. The standard InChI is InChI=1S/C15H26N4S/c1-6-16-13-7-14(18-15(17-13)10(2)3)19-8-11(4)20-12(5)9-19/h7,10-12H,6,8-9H2,1-5H3,(H,16,17,18). The Kier molecular flexibility index (Phi) is 5.13. The first-order valence-corrected chi connectivity index (χ1v) is 8.47. The van der Waals surface area contributed by atoms with E-state index in [-0.39, 0.29) is 0 Å². The van der Waals surface area contributed by atoms with E-state index < -0.39 is 0 Å². The van der Waals surface area contributed by atoms with E-state index in [0.29, 0.717) is 16.4 Å². The summed E-state index contributed by atoms with van der Waals surface area (Å²) in [4.78, 5) is 11.8. The third kappa shape index (κ3) is 3.78. The van der Waals surface area contributed by atoms with Crippen molar-refractivity contribution in [3.63, 3.8) is 0 Å². The predicted molar refractivity (Wildman–Crippen MR) is 89.0 cm³/mol. The van der Waals surface area contributed by atoms with Crippen molar-refractivity contribution < 1.29 is 0 Å². The van der Waals surface area contributed by atoms with E-state index in [4.69, 9.17) is 4.98 Å². The van der Waals surface area contributed by atoms with Crippen LogP contribution in [0.15, 0.2) is 6.07 Å². The molecule has 0 amide bonds. The van der Waals surface area contributed by atoms with Gasteiger partial charge in [0.05, 0.1) is 0 Å². The fourth-order valence-corrected chi connectivity index (χ4v) is 3.83. The fraction of sp³-hybridized carbons (Fsp3) is 0.733. The number of anilines is 2. The summed E-state index contributed by atoms with van der Waals surface area (Å²) in [6.45, 7) is 14.0. The van der Waals surface area contributed by atoms with Crippen LogP contribution in [0.3, 0.4) is 0 Å². The van der Waals surface area contributed by atoms with Crippen molar-refractivity contribution in [1.29, 1.82) is 0 Å². The van der Waals surface area contributed by atoms with Crippen LogP contribution in [0.5, 0.6) is 0 Å². The molecule has 2 rings (SSSR count). The number of rotatable bonds is 4. The molecule has 20 heavy (non-hydrogen) atoms. The van der Waals surface area contributed by atoms with E-state index in [2.05, 4.69) is 67.6 Å². The van der Waals surface area contributed by atoms with Gasteiger partial charge in [-0.15, -0.1) is 0 Å². The van der Waals surface area contributed by atoms with E-state index in [1.54, 1.807) is 0 Å². The van der Waals surface area contributed by atoms with Crippen LogP contribution in [0.1, 0.15) is 46.4 Å². The summed E-state index contributed by atoms with van der Waals surface area (Å²) in [6, 6.07) is 2.09. The lowest BCUT2D eigenvalue weighted by molar-refractivity contribution is 0.702. The number of hydrogen-bond donors (Lipinski definition) is 1. The molecule has 0 aromatic carbocycles. The highest BCUT2D eigenvalue weighted by molar-refractivity contribution is 8.00. The zero-order valence-electron chi connectivity index (χ0n) is 13.2. The number of hydrogen-bond acceptors (Lipinski definition) is 5. The van der Waals surface area contributed by atoms with Crippen LogP contribution in [0, 0.1) is 0 Å². The largest absolute Gasteiger partial charge is 0.370 e. The van der Waals surface area contributed by atoms with Crippen LogP contribution < -0.4 is 10.2 Å². The minimum absolute atomic E-state index is 0.348. The maximum absolute atomic E-state index is 4.77. The van der Waals surface area contributed by atoms with Crippen LogP contribution in [-0.2, 0) is 0 Å². The highest BCUT2D eigenvalue weighted by Crippen LogP contribution is 2.29. The molecule has 0 radical (unpaired) electrons. The topological polar surface area (TPSA) is 41.0 Å². The normalized spacial score (nSPS) is 23.2. The van der Waals surface area contributed by atoms with Gasteiger partial charge in [-0.25, -0.2) is 9.97 Å². The van der Waals surface area contributed by atoms with Gasteiger partial charge in [0.15, 0.2) is 0 Å². The molecule has 0 spiro atoms. The molecule has 0 saturated carbocycles. The Morgan fingerprint density at radius 1 is 1.30 bits per heavy atom. The Morgan fingerprint density at radius 3 is 2.50 bits per heavy atom. The summed E-state index contributed by atoms with van der Waals surface area (Å²) in [6.07, 6.45) is 0. The Hall–Kier alpha value is -0.970. The fourth-order valence-electron chi connectivity index (χ4n) is 2.51. The molecule has 0 aliphatic carbocycles. The highest BCUT2D eigenvalue weighted by atomic mass is 32.2. The zero-order valence-corrected chi connectivity index (χ0v) is 14.0. The van der Waals surface area contributed by atoms with Gasteiger partial charge >= 0.3 is 0 Å². The molecule has 4 nitrogen and oxygen atoms in total. The minimum atomic E-state index is 0.348. The average Bonchev–Trinajstić information content (AvgIpc) is 2.37. The lowest BCUT2D eigenvalue weighted by Gasteiger charge is -2.35. The molecule has 1 saturated heterocycles. The monoisotopic (exact) mass is 294 g/mol. The third-order valence-corrected chi connectivity index (χ3v) is 4.58. The molecule has 1 fully saturated rings. The van der Waals surface area contributed by atoms with Crippen LogP contribution in [-0.4, -0.2) is 40.1 Å². The molecule has 2 atom stereocenters. The van der Waals surface area contributed by atoms with Crippen molar-refractivity contribution in [1.82, 2.24) is 9.97 Å². The number of aromatic nitrogens is 2. The predicted octanol–water partition coefficient (Wildman–Crippen LogP) is 3.36. The smallest absolute Gasteiger partial charge is 0.135 e.